The van der Waals surface area contributed by atoms with E-state index in [4.69, 9.17) is 5.26 Å². The van der Waals surface area contributed by atoms with Crippen LogP contribution in [-0.2, 0) is 11.3 Å². The SMILES string of the molecule is CCNC(=NCc1cc(C#N)ccc1F)NC1CCN(C(=O)C(CC)CC)CC1.I. The van der Waals surface area contributed by atoms with E-state index < -0.39 is 0 Å². The Bertz CT molecular complexity index is 752. The van der Waals surface area contributed by atoms with Gasteiger partial charge in [-0.2, -0.15) is 5.26 Å². The van der Waals surface area contributed by atoms with Gasteiger partial charge in [0.2, 0.25) is 5.91 Å². The fourth-order valence-corrected chi connectivity index (χ4v) is 3.58. The van der Waals surface area contributed by atoms with Gasteiger partial charge in [0.25, 0.3) is 0 Å². The van der Waals surface area contributed by atoms with E-state index in [-0.39, 0.29) is 54.2 Å². The van der Waals surface area contributed by atoms with Crippen molar-refractivity contribution in [1.82, 2.24) is 15.5 Å². The molecular weight excluding hydrogens is 496 g/mol. The summed E-state index contributed by atoms with van der Waals surface area (Å²) in [5, 5.41) is 15.6. The third kappa shape index (κ3) is 7.42. The van der Waals surface area contributed by atoms with Gasteiger partial charge in [0.15, 0.2) is 5.96 Å². The summed E-state index contributed by atoms with van der Waals surface area (Å²) in [6.07, 6.45) is 3.48. The second-order valence-corrected chi connectivity index (χ2v) is 7.37. The summed E-state index contributed by atoms with van der Waals surface area (Å²) in [6.45, 7) is 8.44. The summed E-state index contributed by atoms with van der Waals surface area (Å²) in [6, 6.07) is 6.54. The van der Waals surface area contributed by atoms with Crippen molar-refractivity contribution < 1.29 is 9.18 Å². The number of piperidine rings is 1. The largest absolute Gasteiger partial charge is 0.357 e. The summed E-state index contributed by atoms with van der Waals surface area (Å²) in [7, 11) is 0. The number of hydrogen-bond donors (Lipinski definition) is 2. The first-order valence-corrected chi connectivity index (χ1v) is 10.5. The van der Waals surface area contributed by atoms with Crippen LogP contribution < -0.4 is 10.6 Å². The fourth-order valence-electron chi connectivity index (χ4n) is 3.58. The van der Waals surface area contributed by atoms with Gasteiger partial charge in [0, 0.05) is 37.2 Å². The monoisotopic (exact) mass is 529 g/mol. The van der Waals surface area contributed by atoms with Gasteiger partial charge in [-0.25, -0.2) is 9.38 Å². The van der Waals surface area contributed by atoms with Crippen molar-refractivity contribution in [1.29, 1.82) is 5.26 Å². The molecule has 0 unspecified atom stereocenters. The summed E-state index contributed by atoms with van der Waals surface area (Å²) in [5.74, 6) is 0.648. The van der Waals surface area contributed by atoms with Gasteiger partial charge < -0.3 is 15.5 Å². The zero-order chi connectivity index (χ0) is 21.2. The Morgan fingerprint density at radius 1 is 1.30 bits per heavy atom. The Kier molecular flexibility index (Phi) is 11.7. The molecular formula is C22H33FIN5O. The molecule has 1 heterocycles. The number of benzene rings is 1. The molecule has 0 aromatic heterocycles. The lowest BCUT2D eigenvalue weighted by atomic mass is 9.98. The maximum absolute atomic E-state index is 14.0. The van der Waals surface area contributed by atoms with Gasteiger partial charge in [-0.05, 0) is 50.8 Å². The predicted molar refractivity (Wildman–Crippen MR) is 128 cm³/mol. The zero-order valence-corrected chi connectivity index (χ0v) is 20.4. The molecule has 1 aromatic rings. The molecule has 2 rings (SSSR count). The number of nitrogens with zero attached hydrogens (tertiary/aromatic N) is 3. The van der Waals surface area contributed by atoms with Crippen LogP contribution in [0.15, 0.2) is 23.2 Å². The van der Waals surface area contributed by atoms with Crippen molar-refractivity contribution in [2.45, 2.75) is 59.0 Å². The molecule has 2 N–H and O–H groups in total. The number of halogens is 2. The van der Waals surface area contributed by atoms with Gasteiger partial charge >= 0.3 is 0 Å². The number of likely N-dealkylation sites (tertiary alicyclic amines) is 1. The lowest BCUT2D eigenvalue weighted by molar-refractivity contribution is -0.136. The van der Waals surface area contributed by atoms with Crippen LogP contribution in [0.3, 0.4) is 0 Å². The van der Waals surface area contributed by atoms with Crippen LogP contribution >= 0.6 is 24.0 Å². The molecule has 0 bridgehead atoms. The molecule has 1 aliphatic rings. The summed E-state index contributed by atoms with van der Waals surface area (Å²) in [4.78, 5) is 19.0. The first-order valence-electron chi connectivity index (χ1n) is 10.5. The van der Waals surface area contributed by atoms with Crippen molar-refractivity contribution >= 4 is 35.8 Å². The van der Waals surface area contributed by atoms with Crippen LogP contribution in [0.2, 0.25) is 0 Å². The topological polar surface area (TPSA) is 80.5 Å². The van der Waals surface area contributed by atoms with E-state index in [9.17, 15) is 9.18 Å². The molecule has 0 saturated carbocycles. The molecule has 1 aromatic carbocycles. The zero-order valence-electron chi connectivity index (χ0n) is 18.1. The molecule has 0 spiro atoms. The maximum atomic E-state index is 14.0. The quantitative estimate of drug-likeness (QED) is 0.320. The van der Waals surface area contributed by atoms with Gasteiger partial charge in [-0.15, -0.1) is 24.0 Å². The minimum absolute atomic E-state index is 0. The van der Waals surface area contributed by atoms with Crippen LogP contribution in [0.4, 0.5) is 4.39 Å². The van der Waals surface area contributed by atoms with E-state index in [1.54, 1.807) is 0 Å². The normalized spacial score (nSPS) is 14.8. The number of nitrogens with one attached hydrogen (secondary N) is 2. The number of carbonyl (C=O) groups is 1. The van der Waals surface area contributed by atoms with E-state index in [1.807, 2.05) is 17.9 Å². The molecule has 0 aliphatic carbocycles. The van der Waals surface area contributed by atoms with Gasteiger partial charge in [-0.3, -0.25) is 4.79 Å². The number of nitriles is 1. The Balaban J connectivity index is 0.00000450. The van der Waals surface area contributed by atoms with Crippen LogP contribution in [0.25, 0.3) is 0 Å². The third-order valence-electron chi connectivity index (χ3n) is 5.41. The highest BCUT2D eigenvalue weighted by molar-refractivity contribution is 14.0. The first-order chi connectivity index (χ1) is 14.0. The van der Waals surface area contributed by atoms with E-state index in [1.165, 1.54) is 18.2 Å². The molecule has 1 saturated heterocycles. The second kappa shape index (κ2) is 13.4. The third-order valence-corrected chi connectivity index (χ3v) is 5.41. The van der Waals surface area contributed by atoms with Crippen molar-refractivity contribution in [2.24, 2.45) is 10.9 Å². The highest BCUT2D eigenvalue weighted by atomic mass is 127. The summed E-state index contributed by atoms with van der Waals surface area (Å²) >= 11 is 0. The molecule has 0 radical (unpaired) electrons. The standard InChI is InChI=1S/C22H32FN5O.HI/c1-4-17(5-2)21(29)28-11-9-19(10-12-28)27-22(25-6-3)26-15-18-13-16(14-24)7-8-20(18)23;/h7-8,13,17,19H,4-6,9-12,15H2,1-3H3,(H2,25,26,27);1H. The second-order valence-electron chi connectivity index (χ2n) is 7.37. The van der Waals surface area contributed by atoms with E-state index in [2.05, 4.69) is 29.5 Å². The van der Waals surface area contributed by atoms with Crippen molar-refractivity contribution in [3.05, 3.63) is 35.1 Å². The highest BCUT2D eigenvalue weighted by Crippen LogP contribution is 2.17. The first kappa shape index (κ1) is 26.1. The van der Waals surface area contributed by atoms with Crippen LogP contribution in [0, 0.1) is 23.1 Å². The molecule has 30 heavy (non-hydrogen) atoms. The van der Waals surface area contributed by atoms with Crippen LogP contribution in [0.1, 0.15) is 57.6 Å². The molecule has 1 aliphatic heterocycles. The Labute approximate surface area is 196 Å². The Hall–Kier alpha value is -1.89. The minimum atomic E-state index is -0.364. The lowest BCUT2D eigenvalue weighted by Crippen LogP contribution is -2.50. The fraction of sp³-hybridized carbons (Fsp3) is 0.591. The van der Waals surface area contributed by atoms with Gasteiger partial charge in [0.05, 0.1) is 18.2 Å². The van der Waals surface area contributed by atoms with Crippen molar-refractivity contribution in [3.8, 4) is 6.07 Å². The van der Waals surface area contributed by atoms with E-state index in [0.717, 1.165) is 38.8 Å². The number of carbonyl (C=O) groups excluding carboxylic acids is 1. The number of rotatable bonds is 7. The van der Waals surface area contributed by atoms with Gasteiger partial charge in [-0.1, -0.05) is 13.8 Å². The molecule has 1 fully saturated rings. The molecule has 1 amide bonds. The molecule has 0 atom stereocenters. The number of amides is 1. The predicted octanol–water partition coefficient (Wildman–Crippen LogP) is 3.80. The van der Waals surface area contributed by atoms with Gasteiger partial charge in [0.1, 0.15) is 5.82 Å². The summed E-state index contributed by atoms with van der Waals surface area (Å²) < 4.78 is 14.0. The lowest BCUT2D eigenvalue weighted by Gasteiger charge is -2.34. The molecule has 6 nitrogen and oxygen atoms in total. The minimum Gasteiger partial charge on any atom is -0.357 e. The maximum Gasteiger partial charge on any atom is 0.225 e. The highest BCUT2D eigenvalue weighted by Gasteiger charge is 2.26. The van der Waals surface area contributed by atoms with E-state index in [0.29, 0.717) is 23.6 Å². The number of hydrogen-bond acceptors (Lipinski definition) is 3. The average Bonchev–Trinajstić information content (AvgIpc) is 2.74. The average molecular weight is 529 g/mol. The van der Waals surface area contributed by atoms with Crippen molar-refractivity contribution in [3.63, 3.8) is 0 Å². The number of aliphatic imine (C=N–C) groups is 1. The smallest absolute Gasteiger partial charge is 0.225 e. The van der Waals surface area contributed by atoms with Crippen molar-refractivity contribution in [2.75, 3.05) is 19.6 Å². The van der Waals surface area contributed by atoms with Crippen LogP contribution in [-0.4, -0.2) is 42.4 Å². The Morgan fingerprint density at radius 2 is 1.97 bits per heavy atom. The summed E-state index contributed by atoms with van der Waals surface area (Å²) in [5.41, 5.74) is 0.816. The number of guanidine groups is 1. The molecule has 8 heteroatoms. The van der Waals surface area contributed by atoms with Crippen LogP contribution in [0.5, 0.6) is 0 Å². The van der Waals surface area contributed by atoms with E-state index >= 15 is 0 Å². The molecule has 166 valence electrons. The Morgan fingerprint density at radius 3 is 2.53 bits per heavy atom.